The van der Waals surface area contributed by atoms with Gasteiger partial charge in [-0.05, 0) is 19.4 Å². The Morgan fingerprint density at radius 2 is 2.12 bits per heavy atom. The number of unbranched alkanes of at least 4 members (excludes halogenated alkanes) is 1. The van der Waals surface area contributed by atoms with Crippen LogP contribution >= 0.6 is 0 Å². The van der Waals surface area contributed by atoms with Gasteiger partial charge in [0, 0.05) is 19.2 Å². The van der Waals surface area contributed by atoms with E-state index in [2.05, 4.69) is 6.92 Å². The smallest absolute Gasteiger partial charge is 0.146 e. The summed E-state index contributed by atoms with van der Waals surface area (Å²) in [6.07, 6.45) is 1.45. The minimum atomic E-state index is -0.644. The zero-order valence-corrected chi connectivity index (χ0v) is 10.2. The fourth-order valence-corrected chi connectivity index (χ4v) is 1.78. The molecule has 16 heavy (non-hydrogen) atoms. The van der Waals surface area contributed by atoms with Crippen LogP contribution in [0.25, 0.3) is 0 Å². The van der Waals surface area contributed by atoms with Crippen molar-refractivity contribution < 1.29 is 9.50 Å². The van der Waals surface area contributed by atoms with Crippen LogP contribution in [-0.4, -0.2) is 18.7 Å². The van der Waals surface area contributed by atoms with E-state index in [0.29, 0.717) is 11.3 Å². The fourth-order valence-electron chi connectivity index (χ4n) is 1.78. The molecule has 0 unspecified atom stereocenters. The van der Waals surface area contributed by atoms with E-state index < -0.39 is 6.10 Å². The molecule has 3 heteroatoms. The molecule has 0 aliphatic heterocycles. The Bertz CT molecular complexity index is 339. The lowest BCUT2D eigenvalue weighted by Gasteiger charge is -2.24. The summed E-state index contributed by atoms with van der Waals surface area (Å²) in [5.41, 5.74) is 1.17. The van der Waals surface area contributed by atoms with Gasteiger partial charge in [0.15, 0.2) is 0 Å². The number of aliphatic hydroxyl groups excluding tert-OH is 1. The maximum absolute atomic E-state index is 13.7. The first-order valence-corrected chi connectivity index (χ1v) is 5.75. The lowest BCUT2D eigenvalue weighted by Crippen LogP contribution is -2.21. The van der Waals surface area contributed by atoms with Crippen LogP contribution in [0.1, 0.15) is 38.4 Å². The monoisotopic (exact) mass is 225 g/mol. The summed E-state index contributed by atoms with van der Waals surface area (Å²) in [6.45, 7) is 4.56. The molecule has 0 spiro atoms. The summed E-state index contributed by atoms with van der Waals surface area (Å²) < 4.78 is 13.7. The molecule has 0 aromatic heterocycles. The number of hydrogen-bond acceptors (Lipinski definition) is 2. The molecular formula is C13H20FNO. The van der Waals surface area contributed by atoms with Crippen LogP contribution in [0.3, 0.4) is 0 Å². The van der Waals surface area contributed by atoms with E-state index in [0.717, 1.165) is 19.4 Å². The van der Waals surface area contributed by atoms with Gasteiger partial charge in [-0.25, -0.2) is 4.39 Å². The fraction of sp³-hybridized carbons (Fsp3) is 0.538. The van der Waals surface area contributed by atoms with E-state index in [1.165, 1.54) is 6.07 Å². The Hall–Kier alpha value is -1.09. The third-order valence-electron chi connectivity index (χ3n) is 2.70. The van der Waals surface area contributed by atoms with Crippen LogP contribution in [-0.2, 0) is 0 Å². The second-order valence-electron chi connectivity index (χ2n) is 4.13. The molecule has 0 amide bonds. The highest BCUT2D eigenvalue weighted by molar-refractivity contribution is 5.55. The van der Waals surface area contributed by atoms with E-state index in [-0.39, 0.29) is 5.82 Å². The molecule has 2 nitrogen and oxygen atoms in total. The molecule has 0 fully saturated rings. The number of rotatable bonds is 5. The van der Waals surface area contributed by atoms with Crippen molar-refractivity contribution in [3.8, 4) is 0 Å². The summed E-state index contributed by atoms with van der Waals surface area (Å²) in [6, 6.07) is 4.84. The largest absolute Gasteiger partial charge is 0.389 e. The molecule has 0 aliphatic carbocycles. The van der Waals surface area contributed by atoms with Gasteiger partial charge in [-0.2, -0.15) is 0 Å². The quantitative estimate of drug-likeness (QED) is 0.832. The van der Waals surface area contributed by atoms with Gasteiger partial charge in [0.1, 0.15) is 5.82 Å². The summed E-state index contributed by atoms with van der Waals surface area (Å²) >= 11 is 0. The van der Waals surface area contributed by atoms with Crippen LogP contribution in [0.5, 0.6) is 0 Å². The Balaban J connectivity index is 3.00. The summed E-state index contributed by atoms with van der Waals surface area (Å²) in [7, 11) is 1.86. The second kappa shape index (κ2) is 5.85. The molecule has 1 rings (SSSR count). The first-order valence-electron chi connectivity index (χ1n) is 5.75. The van der Waals surface area contributed by atoms with Crippen molar-refractivity contribution in [2.45, 2.75) is 32.8 Å². The molecule has 0 saturated heterocycles. The van der Waals surface area contributed by atoms with Crippen molar-refractivity contribution in [3.63, 3.8) is 0 Å². The summed E-state index contributed by atoms with van der Waals surface area (Å²) in [4.78, 5) is 1.88. The first kappa shape index (κ1) is 13.0. The molecule has 0 radical (unpaired) electrons. The number of para-hydroxylation sites is 1. The van der Waals surface area contributed by atoms with Gasteiger partial charge in [0.05, 0.1) is 11.8 Å². The van der Waals surface area contributed by atoms with Gasteiger partial charge in [-0.3, -0.25) is 0 Å². The molecule has 1 atom stereocenters. The molecule has 0 saturated carbocycles. The Morgan fingerprint density at radius 1 is 1.44 bits per heavy atom. The number of aliphatic hydroxyl groups is 1. The number of halogens is 1. The third-order valence-corrected chi connectivity index (χ3v) is 2.70. The summed E-state index contributed by atoms with van der Waals surface area (Å²) in [5.74, 6) is -0.267. The molecule has 90 valence electrons. The number of nitrogens with zero attached hydrogens (tertiary/aromatic N) is 1. The average molecular weight is 225 g/mol. The highest BCUT2D eigenvalue weighted by Gasteiger charge is 2.15. The minimum absolute atomic E-state index is 0.267. The molecule has 0 heterocycles. The van der Waals surface area contributed by atoms with Gasteiger partial charge in [0.25, 0.3) is 0 Å². The average Bonchev–Trinajstić information content (AvgIpc) is 2.25. The zero-order chi connectivity index (χ0) is 12.1. The topological polar surface area (TPSA) is 23.5 Å². The molecule has 1 N–H and O–H groups in total. The van der Waals surface area contributed by atoms with Crippen molar-refractivity contribution >= 4 is 5.69 Å². The van der Waals surface area contributed by atoms with Crippen molar-refractivity contribution in [3.05, 3.63) is 29.6 Å². The summed E-state index contributed by atoms with van der Waals surface area (Å²) in [5, 5.41) is 9.61. The molecular weight excluding hydrogens is 205 g/mol. The predicted molar refractivity (Wildman–Crippen MR) is 65.2 cm³/mol. The van der Waals surface area contributed by atoms with E-state index in [1.54, 1.807) is 19.1 Å². The van der Waals surface area contributed by atoms with Gasteiger partial charge in [-0.15, -0.1) is 0 Å². The van der Waals surface area contributed by atoms with E-state index in [1.807, 2.05) is 11.9 Å². The lowest BCUT2D eigenvalue weighted by atomic mass is 10.1. The molecule has 0 aliphatic rings. The minimum Gasteiger partial charge on any atom is -0.389 e. The van der Waals surface area contributed by atoms with E-state index in [9.17, 15) is 9.50 Å². The van der Waals surface area contributed by atoms with Gasteiger partial charge >= 0.3 is 0 Å². The lowest BCUT2D eigenvalue weighted by molar-refractivity contribution is 0.199. The van der Waals surface area contributed by atoms with Crippen molar-refractivity contribution in [2.24, 2.45) is 0 Å². The van der Waals surface area contributed by atoms with Crippen molar-refractivity contribution in [1.29, 1.82) is 0 Å². The maximum atomic E-state index is 13.7. The Morgan fingerprint density at radius 3 is 2.69 bits per heavy atom. The van der Waals surface area contributed by atoms with Crippen LogP contribution in [0, 0.1) is 5.82 Å². The molecule has 1 aromatic carbocycles. The van der Waals surface area contributed by atoms with Crippen LogP contribution in [0.4, 0.5) is 10.1 Å². The SMILES string of the molecule is CCCCN(C)c1c(F)cccc1[C@@H](C)O. The second-order valence-corrected chi connectivity index (χ2v) is 4.13. The van der Waals surface area contributed by atoms with Crippen LogP contribution < -0.4 is 4.90 Å². The van der Waals surface area contributed by atoms with E-state index >= 15 is 0 Å². The third kappa shape index (κ3) is 2.95. The predicted octanol–water partition coefficient (Wildman–Crippen LogP) is 3.12. The van der Waals surface area contributed by atoms with Gasteiger partial charge in [0.2, 0.25) is 0 Å². The Kier molecular flexibility index (Phi) is 4.74. The van der Waals surface area contributed by atoms with Crippen molar-refractivity contribution in [2.75, 3.05) is 18.5 Å². The van der Waals surface area contributed by atoms with E-state index in [4.69, 9.17) is 0 Å². The standard InChI is InChI=1S/C13H20FNO/c1-4-5-9-15(3)13-11(10(2)16)7-6-8-12(13)14/h6-8,10,16H,4-5,9H2,1-3H3/t10-/m1/s1. The van der Waals surface area contributed by atoms with Crippen molar-refractivity contribution in [1.82, 2.24) is 0 Å². The number of benzene rings is 1. The molecule has 0 bridgehead atoms. The first-order chi connectivity index (χ1) is 7.57. The number of anilines is 1. The van der Waals surface area contributed by atoms with Gasteiger partial charge < -0.3 is 10.0 Å². The molecule has 1 aromatic rings. The number of hydrogen-bond donors (Lipinski definition) is 1. The van der Waals surface area contributed by atoms with Crippen LogP contribution in [0.2, 0.25) is 0 Å². The zero-order valence-electron chi connectivity index (χ0n) is 10.2. The highest BCUT2D eigenvalue weighted by Crippen LogP contribution is 2.28. The Labute approximate surface area is 96.7 Å². The highest BCUT2D eigenvalue weighted by atomic mass is 19.1. The van der Waals surface area contributed by atoms with Crippen LogP contribution in [0.15, 0.2) is 18.2 Å². The maximum Gasteiger partial charge on any atom is 0.146 e. The van der Waals surface area contributed by atoms with Gasteiger partial charge in [-0.1, -0.05) is 25.5 Å². The normalized spacial score (nSPS) is 12.6.